The van der Waals surface area contributed by atoms with Crippen molar-refractivity contribution in [2.75, 3.05) is 6.61 Å². The Balaban J connectivity index is 2.10. The molecule has 0 radical (unpaired) electrons. The summed E-state index contributed by atoms with van der Waals surface area (Å²) in [4.78, 5) is 33.9. The minimum atomic E-state index is -1.44. The van der Waals surface area contributed by atoms with E-state index in [1.807, 2.05) is 6.92 Å². The van der Waals surface area contributed by atoms with E-state index in [1.54, 1.807) is 13.8 Å². The average molecular weight is 340 g/mol. The van der Waals surface area contributed by atoms with Crippen LogP contribution in [0.3, 0.4) is 0 Å². The van der Waals surface area contributed by atoms with E-state index in [9.17, 15) is 24.8 Å². The van der Waals surface area contributed by atoms with Gasteiger partial charge in [-0.1, -0.05) is 13.8 Å². The second-order valence-electron chi connectivity index (χ2n) is 6.26. The normalized spacial score (nSPS) is 24.9. The molecule has 0 saturated heterocycles. The number of hydrogen-bond acceptors (Lipinski definition) is 6. The van der Waals surface area contributed by atoms with Gasteiger partial charge in [0.05, 0.1) is 23.5 Å². The van der Waals surface area contributed by atoms with E-state index >= 15 is 0 Å². The SMILES string of the molecule is CCOC1CC(NC(=O)Cn2ccc([N+](=O)[O-])n2)(C(=O)O)C1(C)C. The molecule has 2 unspecified atom stereocenters. The largest absolute Gasteiger partial charge is 0.479 e. The Morgan fingerprint density at radius 1 is 1.58 bits per heavy atom. The van der Waals surface area contributed by atoms with Crippen molar-refractivity contribution in [3.63, 3.8) is 0 Å². The number of aliphatic carboxylic acids is 1. The zero-order chi connectivity index (χ0) is 18.1. The fraction of sp³-hybridized carbons (Fsp3) is 0.643. The topological polar surface area (TPSA) is 137 Å². The van der Waals surface area contributed by atoms with Gasteiger partial charge in [-0.25, -0.2) is 4.79 Å². The van der Waals surface area contributed by atoms with Crippen LogP contribution in [0.15, 0.2) is 12.3 Å². The summed E-state index contributed by atoms with van der Waals surface area (Å²) in [6.45, 7) is 5.42. The van der Waals surface area contributed by atoms with Crippen LogP contribution < -0.4 is 5.32 Å². The van der Waals surface area contributed by atoms with Gasteiger partial charge in [0.15, 0.2) is 0 Å². The zero-order valence-corrected chi connectivity index (χ0v) is 13.7. The lowest BCUT2D eigenvalue weighted by atomic mass is 9.54. The molecule has 0 aliphatic heterocycles. The first-order valence-corrected chi connectivity index (χ1v) is 7.48. The van der Waals surface area contributed by atoms with Gasteiger partial charge in [0.2, 0.25) is 5.91 Å². The Kier molecular flexibility index (Phi) is 4.61. The van der Waals surface area contributed by atoms with Crippen LogP contribution in [-0.4, -0.2) is 49.9 Å². The number of hydrogen-bond donors (Lipinski definition) is 2. The van der Waals surface area contributed by atoms with Crippen molar-refractivity contribution < 1.29 is 24.4 Å². The molecule has 1 aliphatic carbocycles. The van der Waals surface area contributed by atoms with Crippen LogP contribution in [0.4, 0.5) is 5.82 Å². The highest BCUT2D eigenvalue weighted by molar-refractivity contribution is 5.89. The number of carbonyl (C=O) groups excluding carboxylic acids is 1. The van der Waals surface area contributed by atoms with E-state index in [0.717, 1.165) is 4.68 Å². The van der Waals surface area contributed by atoms with Gasteiger partial charge < -0.3 is 25.3 Å². The predicted molar refractivity (Wildman–Crippen MR) is 81.2 cm³/mol. The molecule has 2 atom stereocenters. The van der Waals surface area contributed by atoms with Gasteiger partial charge in [-0.2, -0.15) is 4.68 Å². The van der Waals surface area contributed by atoms with Crippen molar-refractivity contribution in [3.8, 4) is 0 Å². The zero-order valence-electron chi connectivity index (χ0n) is 13.7. The number of nitrogens with one attached hydrogen (secondary N) is 1. The lowest BCUT2D eigenvalue weighted by molar-refractivity contribution is -0.389. The molecule has 1 fully saturated rings. The summed E-state index contributed by atoms with van der Waals surface area (Å²) in [5, 5.41) is 26.4. The van der Waals surface area contributed by atoms with Gasteiger partial charge in [0, 0.05) is 18.4 Å². The number of nitro groups is 1. The Bertz CT molecular complexity index is 670. The van der Waals surface area contributed by atoms with Gasteiger partial charge >= 0.3 is 11.8 Å². The van der Waals surface area contributed by atoms with E-state index in [0.29, 0.717) is 6.61 Å². The molecule has 1 heterocycles. The van der Waals surface area contributed by atoms with Crippen LogP contribution in [0.5, 0.6) is 0 Å². The first-order valence-electron chi connectivity index (χ1n) is 7.48. The Hall–Kier alpha value is -2.49. The maximum absolute atomic E-state index is 12.2. The predicted octanol–water partition coefficient (Wildman–Crippen LogP) is 0.566. The number of nitrogens with zero attached hydrogens (tertiary/aromatic N) is 3. The van der Waals surface area contributed by atoms with Gasteiger partial charge in [0.1, 0.15) is 12.1 Å². The Morgan fingerprint density at radius 3 is 2.71 bits per heavy atom. The van der Waals surface area contributed by atoms with Gasteiger partial charge in [-0.3, -0.25) is 4.79 Å². The van der Waals surface area contributed by atoms with Crippen molar-refractivity contribution in [2.24, 2.45) is 5.41 Å². The molecule has 0 spiro atoms. The van der Waals surface area contributed by atoms with E-state index in [4.69, 9.17) is 4.74 Å². The number of carbonyl (C=O) groups is 2. The first-order chi connectivity index (χ1) is 11.1. The van der Waals surface area contributed by atoms with Gasteiger partial charge in [-0.15, -0.1) is 0 Å². The van der Waals surface area contributed by atoms with Gasteiger partial charge in [0.25, 0.3) is 0 Å². The molecular formula is C14H20N4O6. The highest BCUT2D eigenvalue weighted by Crippen LogP contribution is 2.51. The lowest BCUT2D eigenvalue weighted by Crippen LogP contribution is -2.76. The van der Waals surface area contributed by atoms with Crippen LogP contribution in [0, 0.1) is 15.5 Å². The molecule has 0 bridgehead atoms. The van der Waals surface area contributed by atoms with Crippen LogP contribution in [-0.2, 0) is 20.9 Å². The molecule has 24 heavy (non-hydrogen) atoms. The first kappa shape index (κ1) is 17.9. The molecule has 0 aromatic carbocycles. The summed E-state index contributed by atoms with van der Waals surface area (Å²) in [6.07, 6.45) is 1.18. The molecule has 10 nitrogen and oxygen atoms in total. The van der Waals surface area contributed by atoms with E-state index < -0.39 is 27.8 Å². The third-order valence-corrected chi connectivity index (χ3v) is 4.60. The van der Waals surface area contributed by atoms with E-state index in [2.05, 4.69) is 10.4 Å². The molecule has 1 aromatic rings. The standard InChI is InChI=1S/C14H20N4O6/c1-4-24-9-7-14(12(20)21,13(9,2)3)15-11(19)8-17-6-5-10(16-17)18(22)23/h5-6,9H,4,7-8H2,1-3H3,(H,15,19)(H,20,21). The fourth-order valence-corrected chi connectivity index (χ4v) is 3.00. The molecule has 1 aliphatic rings. The highest BCUT2D eigenvalue weighted by atomic mass is 16.6. The molecular weight excluding hydrogens is 320 g/mol. The Labute approximate surface area is 137 Å². The minimum absolute atomic E-state index is 0.161. The number of rotatable bonds is 7. The van der Waals surface area contributed by atoms with Gasteiger partial charge in [-0.05, 0) is 11.8 Å². The third kappa shape index (κ3) is 2.84. The fourth-order valence-electron chi connectivity index (χ4n) is 3.00. The number of aromatic nitrogens is 2. The molecule has 1 saturated carbocycles. The summed E-state index contributed by atoms with van der Waals surface area (Å²) in [6, 6.07) is 1.17. The van der Waals surface area contributed by atoms with Crippen LogP contribution >= 0.6 is 0 Å². The smallest absolute Gasteiger partial charge is 0.389 e. The summed E-state index contributed by atoms with van der Waals surface area (Å²) in [7, 11) is 0. The van der Waals surface area contributed by atoms with Crippen molar-refractivity contribution in [3.05, 3.63) is 22.4 Å². The minimum Gasteiger partial charge on any atom is -0.479 e. The molecule has 1 aromatic heterocycles. The summed E-state index contributed by atoms with van der Waals surface area (Å²) in [5.74, 6) is -2.10. The number of carboxylic acids is 1. The number of amides is 1. The van der Waals surface area contributed by atoms with Crippen molar-refractivity contribution in [1.29, 1.82) is 0 Å². The second kappa shape index (κ2) is 6.19. The van der Waals surface area contributed by atoms with Crippen molar-refractivity contribution in [2.45, 2.75) is 45.4 Å². The Morgan fingerprint density at radius 2 is 2.25 bits per heavy atom. The monoisotopic (exact) mass is 340 g/mol. The van der Waals surface area contributed by atoms with E-state index in [1.165, 1.54) is 12.3 Å². The lowest BCUT2D eigenvalue weighted by Gasteiger charge is -2.58. The number of ether oxygens (including phenoxy) is 1. The van der Waals surface area contributed by atoms with E-state index in [-0.39, 0.29) is 24.9 Å². The summed E-state index contributed by atoms with van der Waals surface area (Å²) in [5.41, 5.74) is -2.23. The second-order valence-corrected chi connectivity index (χ2v) is 6.26. The van der Waals surface area contributed by atoms with Crippen molar-refractivity contribution >= 4 is 17.7 Å². The molecule has 10 heteroatoms. The van der Waals surface area contributed by atoms with Crippen LogP contribution in [0.1, 0.15) is 27.2 Å². The third-order valence-electron chi connectivity index (χ3n) is 4.60. The quantitative estimate of drug-likeness (QED) is 0.546. The molecule has 2 rings (SSSR count). The molecule has 1 amide bonds. The van der Waals surface area contributed by atoms with Crippen LogP contribution in [0.2, 0.25) is 0 Å². The maximum Gasteiger partial charge on any atom is 0.389 e. The maximum atomic E-state index is 12.2. The van der Waals surface area contributed by atoms with Crippen LogP contribution in [0.25, 0.3) is 0 Å². The summed E-state index contributed by atoms with van der Waals surface area (Å²) < 4.78 is 6.61. The highest BCUT2D eigenvalue weighted by Gasteiger charge is 2.66. The number of carboxylic acid groups (broad SMARTS) is 1. The molecule has 2 N–H and O–H groups in total. The van der Waals surface area contributed by atoms with Crippen molar-refractivity contribution in [1.82, 2.24) is 15.1 Å². The average Bonchev–Trinajstić information content (AvgIpc) is 2.94. The summed E-state index contributed by atoms with van der Waals surface area (Å²) >= 11 is 0. The molecule has 132 valence electrons.